The lowest BCUT2D eigenvalue weighted by molar-refractivity contribution is 0.620. The second-order valence-corrected chi connectivity index (χ2v) is 2.98. The topological polar surface area (TPSA) is 39.6 Å². The smallest absolute Gasteiger partial charge is 0.128 e. The minimum Gasteiger partial charge on any atom is -0.346 e. The van der Waals surface area contributed by atoms with Crippen LogP contribution in [0.3, 0.4) is 0 Å². The van der Waals surface area contributed by atoms with Crippen molar-refractivity contribution >= 4 is 10.9 Å². The summed E-state index contributed by atoms with van der Waals surface area (Å²) in [6.45, 7) is 1.70. The molecule has 1 N–H and O–H groups in total. The second-order valence-electron chi connectivity index (χ2n) is 2.98. The average molecular weight is 174 g/mol. The molecule has 0 fully saturated rings. The number of benzene rings is 1. The van der Waals surface area contributed by atoms with Crippen molar-refractivity contribution in [1.82, 2.24) is 4.98 Å². The molecule has 0 saturated carbocycles. The molecule has 0 radical (unpaired) electrons. The van der Waals surface area contributed by atoms with E-state index in [1.165, 1.54) is 6.07 Å². The van der Waals surface area contributed by atoms with Crippen molar-refractivity contribution in [2.45, 2.75) is 6.92 Å². The number of aromatic amines is 1. The van der Waals surface area contributed by atoms with E-state index in [1.807, 2.05) is 6.07 Å². The van der Waals surface area contributed by atoms with Crippen LogP contribution in [0.5, 0.6) is 0 Å². The molecule has 13 heavy (non-hydrogen) atoms. The fourth-order valence-corrected chi connectivity index (χ4v) is 1.33. The number of aryl methyl sites for hydroxylation is 1. The van der Waals surface area contributed by atoms with E-state index in [-0.39, 0.29) is 5.82 Å². The van der Waals surface area contributed by atoms with Gasteiger partial charge in [-0.05, 0) is 30.7 Å². The van der Waals surface area contributed by atoms with Gasteiger partial charge in [-0.3, -0.25) is 0 Å². The molecule has 2 aromatic rings. The molecule has 0 unspecified atom stereocenters. The number of H-pyrrole nitrogens is 1. The van der Waals surface area contributed by atoms with Crippen LogP contribution in [0.15, 0.2) is 18.2 Å². The summed E-state index contributed by atoms with van der Waals surface area (Å²) in [5.41, 5.74) is 1.72. The van der Waals surface area contributed by atoms with Crippen LogP contribution in [0.25, 0.3) is 10.9 Å². The maximum Gasteiger partial charge on any atom is 0.128 e. The van der Waals surface area contributed by atoms with Crippen molar-refractivity contribution in [3.05, 3.63) is 35.3 Å². The van der Waals surface area contributed by atoms with Crippen LogP contribution in [0.4, 0.5) is 4.39 Å². The van der Waals surface area contributed by atoms with Crippen molar-refractivity contribution < 1.29 is 4.39 Å². The molecule has 0 saturated heterocycles. The van der Waals surface area contributed by atoms with Crippen molar-refractivity contribution in [1.29, 1.82) is 5.26 Å². The van der Waals surface area contributed by atoms with Crippen LogP contribution in [-0.4, -0.2) is 4.98 Å². The van der Waals surface area contributed by atoms with Gasteiger partial charge < -0.3 is 4.98 Å². The predicted octanol–water partition coefficient (Wildman–Crippen LogP) is 2.49. The Hall–Kier alpha value is -1.82. The Bertz CT molecular complexity index is 466. The molecule has 1 heterocycles. The zero-order valence-electron chi connectivity index (χ0n) is 7.06. The Morgan fingerprint density at radius 2 is 2.15 bits per heavy atom. The number of nitrogens with one attached hydrogen (secondary N) is 1. The Labute approximate surface area is 74.6 Å². The van der Waals surface area contributed by atoms with E-state index in [0.29, 0.717) is 16.8 Å². The summed E-state index contributed by atoms with van der Waals surface area (Å²) in [7, 11) is 0. The Morgan fingerprint density at radius 1 is 1.38 bits per heavy atom. The van der Waals surface area contributed by atoms with Gasteiger partial charge in [0, 0.05) is 10.9 Å². The summed E-state index contributed by atoms with van der Waals surface area (Å²) < 4.78 is 13.1. The average Bonchev–Trinajstić information content (AvgIpc) is 2.48. The first-order valence-corrected chi connectivity index (χ1v) is 3.89. The molecular weight excluding hydrogens is 167 g/mol. The zero-order chi connectivity index (χ0) is 9.42. The highest BCUT2D eigenvalue weighted by atomic mass is 19.1. The van der Waals surface area contributed by atoms with Crippen LogP contribution in [-0.2, 0) is 0 Å². The third-order valence-corrected chi connectivity index (χ3v) is 2.02. The lowest BCUT2D eigenvalue weighted by atomic mass is 10.2. The molecule has 0 bridgehead atoms. The number of aromatic nitrogens is 1. The number of halogens is 1. The normalized spacial score (nSPS) is 10.2. The van der Waals surface area contributed by atoms with Crippen molar-refractivity contribution in [2.75, 3.05) is 0 Å². The molecular formula is C10H7FN2. The maximum absolute atomic E-state index is 13.1. The monoisotopic (exact) mass is 174 g/mol. The minimum absolute atomic E-state index is 0.251. The molecule has 0 aliphatic carbocycles. The molecule has 1 aromatic carbocycles. The molecule has 0 atom stereocenters. The summed E-state index contributed by atoms with van der Waals surface area (Å²) in [6, 6.07) is 6.82. The van der Waals surface area contributed by atoms with Crippen molar-refractivity contribution in [3.63, 3.8) is 0 Å². The van der Waals surface area contributed by atoms with Gasteiger partial charge in [-0.15, -0.1) is 0 Å². The van der Waals surface area contributed by atoms with Crippen molar-refractivity contribution in [2.24, 2.45) is 0 Å². The van der Waals surface area contributed by atoms with Gasteiger partial charge in [0.1, 0.15) is 17.6 Å². The van der Waals surface area contributed by atoms with Crippen molar-refractivity contribution in [3.8, 4) is 6.07 Å². The number of fused-ring (bicyclic) bond motifs is 1. The highest BCUT2D eigenvalue weighted by Gasteiger charge is 2.03. The number of nitriles is 1. The summed E-state index contributed by atoms with van der Waals surface area (Å²) in [4.78, 5) is 2.81. The highest BCUT2D eigenvalue weighted by Crippen LogP contribution is 2.19. The molecule has 2 nitrogen and oxygen atoms in total. The van der Waals surface area contributed by atoms with Gasteiger partial charge in [-0.1, -0.05) is 0 Å². The van der Waals surface area contributed by atoms with E-state index >= 15 is 0 Å². The zero-order valence-corrected chi connectivity index (χ0v) is 7.06. The van der Waals surface area contributed by atoms with Gasteiger partial charge in [0.25, 0.3) is 0 Å². The number of hydrogen-bond acceptors (Lipinski definition) is 1. The summed E-state index contributed by atoms with van der Waals surface area (Å²) in [6.07, 6.45) is 0. The number of hydrogen-bond donors (Lipinski definition) is 1. The molecule has 0 spiro atoms. The van der Waals surface area contributed by atoms with Gasteiger partial charge in [-0.2, -0.15) is 5.26 Å². The molecule has 64 valence electrons. The lowest BCUT2D eigenvalue weighted by Crippen LogP contribution is -1.80. The molecule has 0 aliphatic heterocycles. The molecule has 0 amide bonds. The summed E-state index contributed by atoms with van der Waals surface area (Å²) in [5.74, 6) is -0.251. The Morgan fingerprint density at radius 3 is 2.85 bits per heavy atom. The quantitative estimate of drug-likeness (QED) is 0.654. The van der Waals surface area contributed by atoms with Crippen LogP contribution >= 0.6 is 0 Å². The standard InChI is InChI=1S/C10H7FN2/c1-6-2-7-3-8(5-12)13-10(7)4-9(6)11/h2-4,13H,1H3. The molecule has 1 aromatic heterocycles. The van der Waals surface area contributed by atoms with E-state index in [2.05, 4.69) is 4.98 Å². The first kappa shape index (κ1) is 7.81. The third-order valence-electron chi connectivity index (χ3n) is 2.02. The minimum atomic E-state index is -0.251. The summed E-state index contributed by atoms with van der Waals surface area (Å²) in [5, 5.41) is 9.47. The number of rotatable bonds is 0. The molecule has 0 aliphatic rings. The fraction of sp³-hybridized carbons (Fsp3) is 0.100. The van der Waals surface area contributed by atoms with E-state index in [0.717, 1.165) is 5.39 Å². The van der Waals surface area contributed by atoms with Gasteiger partial charge >= 0.3 is 0 Å². The Kier molecular flexibility index (Phi) is 1.56. The van der Waals surface area contributed by atoms with Crippen LogP contribution in [0.1, 0.15) is 11.3 Å². The third kappa shape index (κ3) is 1.17. The van der Waals surface area contributed by atoms with E-state index < -0.39 is 0 Å². The summed E-state index contributed by atoms with van der Waals surface area (Å²) >= 11 is 0. The van der Waals surface area contributed by atoms with Gasteiger partial charge in [-0.25, -0.2) is 4.39 Å². The lowest BCUT2D eigenvalue weighted by Gasteiger charge is -1.94. The van der Waals surface area contributed by atoms with Gasteiger partial charge in [0.2, 0.25) is 0 Å². The SMILES string of the molecule is Cc1cc2cc(C#N)[nH]c2cc1F. The van der Waals surface area contributed by atoms with Gasteiger partial charge in [0.15, 0.2) is 0 Å². The van der Waals surface area contributed by atoms with E-state index in [4.69, 9.17) is 5.26 Å². The van der Waals surface area contributed by atoms with Crippen LogP contribution in [0.2, 0.25) is 0 Å². The van der Waals surface area contributed by atoms with E-state index in [1.54, 1.807) is 19.1 Å². The molecule has 2 rings (SSSR count). The number of nitrogens with zero attached hydrogens (tertiary/aromatic N) is 1. The highest BCUT2D eigenvalue weighted by molar-refractivity contribution is 5.82. The van der Waals surface area contributed by atoms with Crippen LogP contribution < -0.4 is 0 Å². The van der Waals surface area contributed by atoms with Crippen LogP contribution in [0, 0.1) is 24.1 Å². The second kappa shape index (κ2) is 2.60. The largest absolute Gasteiger partial charge is 0.346 e. The molecule has 3 heteroatoms. The Balaban J connectivity index is 2.79. The predicted molar refractivity (Wildman–Crippen MR) is 47.7 cm³/mol. The first-order chi connectivity index (χ1) is 6.20. The fourth-order valence-electron chi connectivity index (χ4n) is 1.33. The first-order valence-electron chi connectivity index (χ1n) is 3.89. The van der Waals surface area contributed by atoms with E-state index in [9.17, 15) is 4.39 Å². The maximum atomic E-state index is 13.1. The van der Waals surface area contributed by atoms with Gasteiger partial charge in [0.05, 0.1) is 0 Å².